The van der Waals surface area contributed by atoms with E-state index >= 15 is 0 Å². The van der Waals surface area contributed by atoms with E-state index in [-0.39, 0.29) is 0 Å². The van der Waals surface area contributed by atoms with Crippen molar-refractivity contribution in [1.29, 1.82) is 0 Å². The van der Waals surface area contributed by atoms with Crippen LogP contribution in [0.4, 0.5) is 0 Å². The van der Waals surface area contributed by atoms with E-state index in [1.54, 1.807) is 0 Å². The number of hydrogen-bond acceptors (Lipinski definition) is 1. The summed E-state index contributed by atoms with van der Waals surface area (Å²) in [6.45, 7) is 2.32. The van der Waals surface area contributed by atoms with Crippen LogP contribution in [0.15, 0.2) is 24.4 Å². The SMILES string of the molecule is C[C@@H]1C[C@H]1c1ccc2c(cnn2C)c1. The van der Waals surface area contributed by atoms with Crippen molar-refractivity contribution in [2.75, 3.05) is 0 Å². The second-order valence-corrected chi connectivity index (χ2v) is 4.41. The number of benzene rings is 1. The van der Waals surface area contributed by atoms with Gasteiger partial charge in [0.2, 0.25) is 0 Å². The molecule has 3 rings (SSSR count). The van der Waals surface area contributed by atoms with Crippen molar-refractivity contribution in [1.82, 2.24) is 9.78 Å². The first-order chi connectivity index (χ1) is 6.75. The second-order valence-electron chi connectivity index (χ2n) is 4.41. The minimum absolute atomic E-state index is 0.805. The Morgan fingerprint density at radius 3 is 2.93 bits per heavy atom. The van der Waals surface area contributed by atoms with E-state index in [0.717, 1.165) is 11.8 Å². The van der Waals surface area contributed by atoms with Gasteiger partial charge in [0.25, 0.3) is 0 Å². The van der Waals surface area contributed by atoms with Gasteiger partial charge in [0.15, 0.2) is 0 Å². The molecular formula is C12H14N2. The van der Waals surface area contributed by atoms with Crippen molar-refractivity contribution in [2.24, 2.45) is 13.0 Å². The van der Waals surface area contributed by atoms with Crippen LogP contribution in [0.25, 0.3) is 10.9 Å². The monoisotopic (exact) mass is 186 g/mol. The van der Waals surface area contributed by atoms with Crippen LogP contribution in [-0.2, 0) is 7.05 Å². The molecular weight excluding hydrogens is 172 g/mol. The largest absolute Gasteiger partial charge is 0.268 e. The summed E-state index contributed by atoms with van der Waals surface area (Å²) >= 11 is 0. The first-order valence-electron chi connectivity index (χ1n) is 5.17. The first kappa shape index (κ1) is 8.04. The molecule has 1 aromatic heterocycles. The molecule has 1 saturated carbocycles. The standard InChI is InChI=1S/C12H14N2/c1-8-5-11(8)9-3-4-12-10(6-9)7-13-14(12)2/h3-4,6-8,11H,5H2,1-2H3/t8-,11-/m1/s1. The van der Waals surface area contributed by atoms with Gasteiger partial charge in [-0.1, -0.05) is 13.0 Å². The number of fused-ring (bicyclic) bond motifs is 1. The highest BCUT2D eigenvalue weighted by Crippen LogP contribution is 2.47. The Kier molecular flexibility index (Phi) is 1.49. The van der Waals surface area contributed by atoms with Gasteiger partial charge in [-0.3, -0.25) is 4.68 Å². The Morgan fingerprint density at radius 2 is 2.21 bits per heavy atom. The van der Waals surface area contributed by atoms with Crippen molar-refractivity contribution in [2.45, 2.75) is 19.3 Å². The Hall–Kier alpha value is -1.31. The molecule has 0 spiro atoms. The molecule has 0 bridgehead atoms. The predicted octanol–water partition coefficient (Wildman–Crippen LogP) is 2.70. The summed E-state index contributed by atoms with van der Waals surface area (Å²) in [5, 5.41) is 5.52. The van der Waals surface area contributed by atoms with E-state index in [9.17, 15) is 0 Å². The van der Waals surface area contributed by atoms with Gasteiger partial charge in [-0.25, -0.2) is 0 Å². The van der Waals surface area contributed by atoms with Crippen molar-refractivity contribution >= 4 is 10.9 Å². The summed E-state index contributed by atoms with van der Waals surface area (Å²) in [5.74, 6) is 1.68. The molecule has 0 radical (unpaired) electrons. The molecule has 1 aromatic carbocycles. The summed E-state index contributed by atoms with van der Waals surface area (Å²) in [6, 6.07) is 6.72. The third kappa shape index (κ3) is 1.07. The zero-order chi connectivity index (χ0) is 9.71. The fourth-order valence-corrected chi connectivity index (χ4v) is 2.20. The van der Waals surface area contributed by atoms with Gasteiger partial charge in [-0.2, -0.15) is 5.10 Å². The van der Waals surface area contributed by atoms with Gasteiger partial charge < -0.3 is 0 Å². The first-order valence-corrected chi connectivity index (χ1v) is 5.17. The zero-order valence-electron chi connectivity index (χ0n) is 8.57. The van der Waals surface area contributed by atoms with E-state index in [0.29, 0.717) is 0 Å². The minimum Gasteiger partial charge on any atom is -0.268 e. The van der Waals surface area contributed by atoms with Gasteiger partial charge in [0, 0.05) is 12.4 Å². The molecule has 0 saturated heterocycles. The number of nitrogens with zero attached hydrogens (tertiary/aromatic N) is 2. The van der Waals surface area contributed by atoms with Gasteiger partial charge in [-0.05, 0) is 36.0 Å². The molecule has 14 heavy (non-hydrogen) atoms. The lowest BCUT2D eigenvalue weighted by atomic mass is 10.1. The molecule has 2 nitrogen and oxygen atoms in total. The van der Waals surface area contributed by atoms with E-state index in [1.165, 1.54) is 22.9 Å². The quantitative estimate of drug-likeness (QED) is 0.669. The molecule has 0 aliphatic heterocycles. The van der Waals surface area contributed by atoms with Crippen LogP contribution in [0.2, 0.25) is 0 Å². The number of hydrogen-bond donors (Lipinski definition) is 0. The topological polar surface area (TPSA) is 17.8 Å². The smallest absolute Gasteiger partial charge is 0.0679 e. The Labute approximate surface area is 83.5 Å². The Bertz CT molecular complexity index is 484. The molecule has 1 aliphatic rings. The van der Waals surface area contributed by atoms with Crippen molar-refractivity contribution in [3.8, 4) is 0 Å². The molecule has 1 heterocycles. The lowest BCUT2D eigenvalue weighted by Gasteiger charge is -1.99. The normalized spacial score (nSPS) is 25.6. The molecule has 0 amide bonds. The van der Waals surface area contributed by atoms with Gasteiger partial charge >= 0.3 is 0 Å². The summed E-state index contributed by atoms with van der Waals surface area (Å²) < 4.78 is 1.93. The maximum atomic E-state index is 4.25. The highest BCUT2D eigenvalue weighted by atomic mass is 15.2. The average Bonchev–Trinajstić information content (AvgIpc) is 2.80. The summed E-state index contributed by atoms with van der Waals surface area (Å²) in [4.78, 5) is 0. The second kappa shape index (κ2) is 2.59. The zero-order valence-corrected chi connectivity index (χ0v) is 8.57. The van der Waals surface area contributed by atoms with Crippen LogP contribution in [0, 0.1) is 5.92 Å². The lowest BCUT2D eigenvalue weighted by Crippen LogP contribution is -1.88. The Morgan fingerprint density at radius 1 is 1.43 bits per heavy atom. The lowest BCUT2D eigenvalue weighted by molar-refractivity contribution is 0.797. The van der Waals surface area contributed by atoms with Gasteiger partial charge in [-0.15, -0.1) is 0 Å². The molecule has 1 aliphatic carbocycles. The molecule has 2 atom stereocenters. The summed E-state index contributed by atoms with van der Waals surface area (Å²) in [7, 11) is 1.99. The van der Waals surface area contributed by atoms with Gasteiger partial charge in [0.05, 0.1) is 11.7 Å². The average molecular weight is 186 g/mol. The fourth-order valence-electron chi connectivity index (χ4n) is 2.20. The summed E-state index contributed by atoms with van der Waals surface area (Å²) in [5.41, 5.74) is 2.71. The molecule has 72 valence electrons. The van der Waals surface area contributed by atoms with Crippen LogP contribution in [0.5, 0.6) is 0 Å². The minimum atomic E-state index is 0.805. The predicted molar refractivity (Wildman–Crippen MR) is 57.2 cm³/mol. The maximum absolute atomic E-state index is 4.25. The highest BCUT2D eigenvalue weighted by molar-refractivity contribution is 5.79. The number of aryl methyl sites for hydroxylation is 1. The maximum Gasteiger partial charge on any atom is 0.0679 e. The van der Waals surface area contributed by atoms with Crippen LogP contribution in [-0.4, -0.2) is 9.78 Å². The number of aromatic nitrogens is 2. The molecule has 2 heteroatoms. The molecule has 0 N–H and O–H groups in total. The Balaban J connectivity index is 2.12. The van der Waals surface area contributed by atoms with E-state index in [1.807, 2.05) is 17.9 Å². The van der Waals surface area contributed by atoms with Crippen molar-refractivity contribution < 1.29 is 0 Å². The summed E-state index contributed by atoms with van der Waals surface area (Å²) in [6.07, 6.45) is 3.30. The van der Waals surface area contributed by atoms with Crippen LogP contribution in [0.1, 0.15) is 24.8 Å². The van der Waals surface area contributed by atoms with Crippen LogP contribution >= 0.6 is 0 Å². The molecule has 0 unspecified atom stereocenters. The highest BCUT2D eigenvalue weighted by Gasteiger charge is 2.33. The molecule has 1 fully saturated rings. The van der Waals surface area contributed by atoms with Crippen LogP contribution in [0.3, 0.4) is 0 Å². The fraction of sp³-hybridized carbons (Fsp3) is 0.417. The molecule has 2 aromatic rings. The van der Waals surface area contributed by atoms with E-state index < -0.39 is 0 Å². The van der Waals surface area contributed by atoms with E-state index in [4.69, 9.17) is 0 Å². The van der Waals surface area contributed by atoms with Crippen molar-refractivity contribution in [3.05, 3.63) is 30.0 Å². The third-order valence-electron chi connectivity index (χ3n) is 3.31. The van der Waals surface area contributed by atoms with Crippen LogP contribution < -0.4 is 0 Å². The van der Waals surface area contributed by atoms with Gasteiger partial charge in [0.1, 0.15) is 0 Å². The van der Waals surface area contributed by atoms with Crippen molar-refractivity contribution in [3.63, 3.8) is 0 Å². The number of rotatable bonds is 1. The van der Waals surface area contributed by atoms with E-state index in [2.05, 4.69) is 30.2 Å². The third-order valence-corrected chi connectivity index (χ3v) is 3.31.